The Balaban J connectivity index is 2.64. The maximum Gasteiger partial charge on any atom is 0.252 e. The normalized spacial score (nSPS) is 10.3. The predicted octanol–water partition coefficient (Wildman–Crippen LogP) is 2.08. The molecule has 1 rings (SSSR count). The minimum absolute atomic E-state index is 0.112. The van der Waals surface area contributed by atoms with Gasteiger partial charge in [-0.05, 0) is 25.0 Å². The number of aromatic nitrogens is 1. The average Bonchev–Trinajstić information content (AvgIpc) is 2.47. The molecule has 1 N–H and O–H groups in total. The molecule has 0 saturated carbocycles. The Morgan fingerprint density at radius 2 is 2.00 bits per heavy atom. The van der Waals surface area contributed by atoms with E-state index >= 15 is 0 Å². The molecule has 0 aliphatic carbocycles. The fourth-order valence-corrected chi connectivity index (χ4v) is 1.96. The SMILES string of the molecule is CCCN(CCC)c1ccc(C(=O)NCCOC)cn1. The lowest BCUT2D eigenvalue weighted by Gasteiger charge is -2.22. The molecule has 0 unspecified atom stereocenters. The smallest absolute Gasteiger partial charge is 0.252 e. The highest BCUT2D eigenvalue weighted by Gasteiger charge is 2.09. The molecule has 0 spiro atoms. The number of amides is 1. The number of hydrogen-bond acceptors (Lipinski definition) is 4. The Bertz CT molecular complexity index is 387. The van der Waals surface area contributed by atoms with Crippen LogP contribution in [0.4, 0.5) is 5.82 Å². The van der Waals surface area contributed by atoms with Crippen LogP contribution in [0.25, 0.3) is 0 Å². The second kappa shape index (κ2) is 9.31. The van der Waals surface area contributed by atoms with Gasteiger partial charge in [-0.2, -0.15) is 0 Å². The molecule has 0 aromatic carbocycles. The second-order valence-electron chi connectivity index (χ2n) is 4.64. The number of anilines is 1. The summed E-state index contributed by atoms with van der Waals surface area (Å²) in [6.07, 6.45) is 3.80. The molecule has 1 amide bonds. The zero-order valence-electron chi connectivity index (χ0n) is 12.7. The summed E-state index contributed by atoms with van der Waals surface area (Å²) in [7, 11) is 1.61. The van der Waals surface area contributed by atoms with Gasteiger partial charge in [-0.15, -0.1) is 0 Å². The average molecular weight is 279 g/mol. The molecule has 0 atom stereocenters. The lowest BCUT2D eigenvalue weighted by Crippen LogP contribution is -2.28. The van der Waals surface area contributed by atoms with E-state index < -0.39 is 0 Å². The van der Waals surface area contributed by atoms with Crippen molar-refractivity contribution in [2.45, 2.75) is 26.7 Å². The molecule has 1 aromatic rings. The van der Waals surface area contributed by atoms with E-state index in [0.717, 1.165) is 31.7 Å². The monoisotopic (exact) mass is 279 g/mol. The van der Waals surface area contributed by atoms with Gasteiger partial charge >= 0.3 is 0 Å². The lowest BCUT2D eigenvalue weighted by atomic mass is 10.2. The Kier molecular flexibility index (Phi) is 7.65. The number of carbonyl (C=O) groups excluding carboxylic acids is 1. The standard InChI is InChI=1S/C15H25N3O2/c1-4-9-18(10-5-2)14-7-6-13(12-17-14)15(19)16-8-11-20-3/h6-7,12H,4-5,8-11H2,1-3H3,(H,16,19). The van der Waals surface area contributed by atoms with Crippen LogP contribution in [-0.4, -0.2) is 44.2 Å². The molecule has 5 heteroatoms. The first-order valence-electron chi connectivity index (χ1n) is 7.21. The van der Waals surface area contributed by atoms with E-state index in [2.05, 4.69) is 29.0 Å². The van der Waals surface area contributed by atoms with Crippen molar-refractivity contribution in [3.63, 3.8) is 0 Å². The number of methoxy groups -OCH3 is 1. The molecule has 0 saturated heterocycles. The second-order valence-corrected chi connectivity index (χ2v) is 4.64. The third kappa shape index (κ3) is 5.17. The molecule has 20 heavy (non-hydrogen) atoms. The van der Waals surface area contributed by atoms with E-state index in [1.54, 1.807) is 13.3 Å². The summed E-state index contributed by atoms with van der Waals surface area (Å²) < 4.78 is 4.90. The van der Waals surface area contributed by atoms with Gasteiger partial charge in [0.1, 0.15) is 5.82 Å². The molecule has 0 bridgehead atoms. The van der Waals surface area contributed by atoms with Crippen molar-refractivity contribution >= 4 is 11.7 Å². The number of pyridine rings is 1. The lowest BCUT2D eigenvalue weighted by molar-refractivity contribution is 0.0937. The third-order valence-electron chi connectivity index (χ3n) is 2.91. The molecule has 0 aliphatic rings. The number of hydrogen-bond donors (Lipinski definition) is 1. The summed E-state index contributed by atoms with van der Waals surface area (Å²) in [6, 6.07) is 3.74. The van der Waals surface area contributed by atoms with Crippen LogP contribution in [-0.2, 0) is 4.74 Å². The summed E-state index contributed by atoms with van der Waals surface area (Å²) >= 11 is 0. The van der Waals surface area contributed by atoms with Gasteiger partial charge in [-0.3, -0.25) is 4.79 Å². The van der Waals surface area contributed by atoms with Gasteiger partial charge < -0.3 is 15.0 Å². The van der Waals surface area contributed by atoms with Crippen molar-refractivity contribution < 1.29 is 9.53 Å². The number of rotatable bonds is 9. The first-order chi connectivity index (χ1) is 9.72. The largest absolute Gasteiger partial charge is 0.383 e. The zero-order chi connectivity index (χ0) is 14.8. The van der Waals surface area contributed by atoms with E-state index in [-0.39, 0.29) is 5.91 Å². The summed E-state index contributed by atoms with van der Waals surface area (Å²) in [5, 5.41) is 2.78. The molecule has 0 radical (unpaired) electrons. The fraction of sp³-hybridized carbons (Fsp3) is 0.600. The van der Waals surface area contributed by atoms with E-state index in [0.29, 0.717) is 18.7 Å². The topological polar surface area (TPSA) is 54.5 Å². The van der Waals surface area contributed by atoms with Crippen molar-refractivity contribution in [2.24, 2.45) is 0 Å². The Hall–Kier alpha value is -1.62. The van der Waals surface area contributed by atoms with Crippen molar-refractivity contribution in [3.05, 3.63) is 23.9 Å². The van der Waals surface area contributed by atoms with E-state index in [4.69, 9.17) is 4.74 Å². The summed E-state index contributed by atoms with van der Waals surface area (Å²) in [5.74, 6) is 0.820. The number of ether oxygens (including phenoxy) is 1. The molecular weight excluding hydrogens is 254 g/mol. The van der Waals surface area contributed by atoms with Crippen LogP contribution in [0.2, 0.25) is 0 Å². The summed E-state index contributed by atoms with van der Waals surface area (Å²) in [5.41, 5.74) is 0.581. The fourth-order valence-electron chi connectivity index (χ4n) is 1.96. The van der Waals surface area contributed by atoms with Gasteiger partial charge in [0.15, 0.2) is 0 Å². The van der Waals surface area contributed by atoms with Crippen molar-refractivity contribution in [1.82, 2.24) is 10.3 Å². The number of nitrogens with zero attached hydrogens (tertiary/aromatic N) is 2. The van der Waals surface area contributed by atoms with Gasteiger partial charge in [-0.1, -0.05) is 13.8 Å². The maximum atomic E-state index is 11.8. The quantitative estimate of drug-likeness (QED) is 0.703. The highest BCUT2D eigenvalue weighted by Crippen LogP contribution is 2.12. The van der Waals surface area contributed by atoms with E-state index in [9.17, 15) is 4.79 Å². The van der Waals surface area contributed by atoms with Crippen molar-refractivity contribution in [3.8, 4) is 0 Å². The molecule has 1 heterocycles. The molecule has 5 nitrogen and oxygen atoms in total. The van der Waals surface area contributed by atoms with Crippen LogP contribution < -0.4 is 10.2 Å². The molecule has 112 valence electrons. The maximum absolute atomic E-state index is 11.8. The van der Waals surface area contributed by atoms with Crippen LogP contribution in [0.3, 0.4) is 0 Å². The Morgan fingerprint density at radius 1 is 1.30 bits per heavy atom. The van der Waals surface area contributed by atoms with Gasteiger partial charge in [0.2, 0.25) is 0 Å². The van der Waals surface area contributed by atoms with Crippen LogP contribution in [0.1, 0.15) is 37.0 Å². The minimum atomic E-state index is -0.112. The van der Waals surface area contributed by atoms with Crippen molar-refractivity contribution in [1.29, 1.82) is 0 Å². The first-order valence-corrected chi connectivity index (χ1v) is 7.21. The van der Waals surface area contributed by atoms with Crippen LogP contribution >= 0.6 is 0 Å². The summed E-state index contributed by atoms with van der Waals surface area (Å²) in [4.78, 5) is 18.5. The van der Waals surface area contributed by atoms with Gasteiger partial charge in [-0.25, -0.2) is 4.98 Å². The Labute approximate surface area is 121 Å². The minimum Gasteiger partial charge on any atom is -0.383 e. The van der Waals surface area contributed by atoms with Gasteiger partial charge in [0.25, 0.3) is 5.91 Å². The predicted molar refractivity (Wildman–Crippen MR) is 81.2 cm³/mol. The summed E-state index contributed by atoms with van der Waals surface area (Å²) in [6.45, 7) is 7.30. The molecule has 1 aromatic heterocycles. The number of carbonyl (C=O) groups is 1. The van der Waals surface area contributed by atoms with Gasteiger partial charge in [0.05, 0.1) is 12.2 Å². The van der Waals surface area contributed by atoms with Crippen LogP contribution in [0, 0.1) is 0 Å². The van der Waals surface area contributed by atoms with E-state index in [1.807, 2.05) is 12.1 Å². The number of nitrogens with one attached hydrogen (secondary N) is 1. The Morgan fingerprint density at radius 3 is 2.50 bits per heavy atom. The highest BCUT2D eigenvalue weighted by atomic mass is 16.5. The zero-order valence-corrected chi connectivity index (χ0v) is 12.7. The van der Waals surface area contributed by atoms with Crippen LogP contribution in [0.5, 0.6) is 0 Å². The molecule has 0 aliphatic heterocycles. The third-order valence-corrected chi connectivity index (χ3v) is 2.91. The molecule has 0 fully saturated rings. The van der Waals surface area contributed by atoms with Gasteiger partial charge in [0, 0.05) is 32.9 Å². The molecular formula is C15H25N3O2. The van der Waals surface area contributed by atoms with Crippen molar-refractivity contribution in [2.75, 3.05) is 38.3 Å². The van der Waals surface area contributed by atoms with Crippen LogP contribution in [0.15, 0.2) is 18.3 Å². The highest BCUT2D eigenvalue weighted by molar-refractivity contribution is 5.94. The first kappa shape index (κ1) is 16.4. The van der Waals surface area contributed by atoms with E-state index in [1.165, 1.54) is 0 Å².